The van der Waals surface area contributed by atoms with Gasteiger partial charge in [0.25, 0.3) is 15.9 Å². The molecule has 0 unspecified atom stereocenters. The molecule has 0 spiro atoms. The second-order valence-electron chi connectivity index (χ2n) is 7.49. The number of nitrogens with zero attached hydrogens (tertiary/aromatic N) is 2. The van der Waals surface area contributed by atoms with Crippen LogP contribution < -0.4 is 19.8 Å². The largest absolute Gasteiger partial charge is 0.495 e. The number of hydrogen-bond donors (Lipinski definition) is 2. The summed E-state index contributed by atoms with van der Waals surface area (Å²) in [6, 6.07) is 21.4. The summed E-state index contributed by atoms with van der Waals surface area (Å²) < 4.78 is 33.2. The number of carbonyl (C=O) groups excluding carboxylic acids is 2. The lowest BCUT2D eigenvalue weighted by Gasteiger charge is -2.25. The van der Waals surface area contributed by atoms with Gasteiger partial charge in [0, 0.05) is 12.6 Å². The molecule has 0 aliphatic carbocycles. The fourth-order valence-corrected chi connectivity index (χ4v) is 4.71. The zero-order valence-corrected chi connectivity index (χ0v) is 20.4. The Morgan fingerprint density at radius 2 is 1.63 bits per heavy atom. The molecule has 0 aromatic heterocycles. The number of methoxy groups -OCH3 is 1. The molecular weight excluding hydrogens is 468 g/mol. The average molecular weight is 495 g/mol. The quantitative estimate of drug-likeness (QED) is 0.349. The molecule has 0 atom stereocenters. The SMILES string of the molecule is COc1ccccc1N(CC(=O)N/N=C(/C)c1cccc(NC(C)=O)c1)S(=O)(=O)c1ccccc1. The number of hydrogen-bond acceptors (Lipinski definition) is 6. The maximum atomic E-state index is 13.4. The highest BCUT2D eigenvalue weighted by Crippen LogP contribution is 2.32. The van der Waals surface area contributed by atoms with Gasteiger partial charge in [-0.25, -0.2) is 13.8 Å². The Kier molecular flexibility index (Phi) is 8.21. The van der Waals surface area contributed by atoms with E-state index in [1.54, 1.807) is 73.7 Å². The molecule has 3 aromatic rings. The van der Waals surface area contributed by atoms with E-state index in [9.17, 15) is 18.0 Å². The van der Waals surface area contributed by atoms with Crippen molar-refractivity contribution >= 4 is 38.9 Å². The fraction of sp³-hybridized carbons (Fsp3) is 0.160. The third kappa shape index (κ3) is 6.45. The molecule has 0 saturated heterocycles. The van der Waals surface area contributed by atoms with Crippen molar-refractivity contribution in [2.24, 2.45) is 5.10 Å². The Bertz CT molecular complexity index is 1340. The molecule has 9 nitrogen and oxygen atoms in total. The van der Waals surface area contributed by atoms with E-state index < -0.39 is 22.5 Å². The van der Waals surface area contributed by atoms with Crippen LogP contribution in [0.15, 0.2) is 88.9 Å². The summed E-state index contributed by atoms with van der Waals surface area (Å²) in [6.45, 7) is 2.57. The number of benzene rings is 3. The van der Waals surface area contributed by atoms with Crippen LogP contribution in [0.2, 0.25) is 0 Å². The van der Waals surface area contributed by atoms with E-state index in [-0.39, 0.29) is 16.5 Å². The number of ether oxygens (including phenoxy) is 1. The van der Waals surface area contributed by atoms with E-state index in [0.29, 0.717) is 22.7 Å². The van der Waals surface area contributed by atoms with Crippen molar-refractivity contribution in [2.45, 2.75) is 18.7 Å². The Hall–Kier alpha value is -4.18. The Labute approximate surface area is 204 Å². The molecule has 0 radical (unpaired) electrons. The fourth-order valence-electron chi connectivity index (χ4n) is 3.26. The minimum absolute atomic E-state index is 0.0353. The molecule has 0 heterocycles. The smallest absolute Gasteiger partial charge is 0.264 e. The molecule has 0 bridgehead atoms. The predicted octanol–water partition coefficient (Wildman–Crippen LogP) is 3.39. The van der Waals surface area contributed by atoms with E-state index in [1.165, 1.54) is 26.2 Å². The van der Waals surface area contributed by atoms with Crippen molar-refractivity contribution in [3.05, 3.63) is 84.4 Å². The molecular formula is C25H26N4O5S. The van der Waals surface area contributed by atoms with Crippen molar-refractivity contribution in [1.29, 1.82) is 0 Å². The third-order valence-corrected chi connectivity index (χ3v) is 6.70. The van der Waals surface area contributed by atoms with Crippen molar-refractivity contribution in [2.75, 3.05) is 23.3 Å². The highest BCUT2D eigenvalue weighted by Gasteiger charge is 2.29. The molecule has 182 valence electrons. The van der Waals surface area contributed by atoms with Crippen molar-refractivity contribution < 1.29 is 22.7 Å². The number of nitrogens with one attached hydrogen (secondary N) is 2. The van der Waals surface area contributed by atoms with E-state index in [4.69, 9.17) is 4.74 Å². The summed E-state index contributed by atoms with van der Waals surface area (Å²) in [4.78, 5) is 24.2. The van der Waals surface area contributed by atoms with Gasteiger partial charge in [0.1, 0.15) is 12.3 Å². The first kappa shape index (κ1) is 25.4. The van der Waals surface area contributed by atoms with Crippen LogP contribution in [0, 0.1) is 0 Å². The molecule has 35 heavy (non-hydrogen) atoms. The maximum Gasteiger partial charge on any atom is 0.264 e. The first-order valence-electron chi connectivity index (χ1n) is 10.6. The molecule has 0 aliphatic heterocycles. The number of amides is 2. The summed E-state index contributed by atoms with van der Waals surface area (Å²) in [5.41, 5.74) is 4.38. The van der Waals surface area contributed by atoms with Gasteiger partial charge in [-0.15, -0.1) is 0 Å². The molecule has 10 heteroatoms. The van der Waals surface area contributed by atoms with E-state index >= 15 is 0 Å². The van der Waals surface area contributed by atoms with Gasteiger partial charge in [-0.05, 0) is 48.9 Å². The third-order valence-electron chi connectivity index (χ3n) is 4.92. The van der Waals surface area contributed by atoms with Crippen LogP contribution in [0.4, 0.5) is 11.4 Å². The van der Waals surface area contributed by atoms with Crippen LogP contribution in [-0.4, -0.2) is 39.6 Å². The number of carbonyl (C=O) groups is 2. The maximum absolute atomic E-state index is 13.4. The van der Waals surface area contributed by atoms with Crippen molar-refractivity contribution in [1.82, 2.24) is 5.43 Å². The first-order chi connectivity index (χ1) is 16.7. The van der Waals surface area contributed by atoms with E-state index in [0.717, 1.165) is 4.31 Å². The second-order valence-corrected chi connectivity index (χ2v) is 9.35. The summed E-state index contributed by atoms with van der Waals surface area (Å²) in [6.07, 6.45) is 0. The Morgan fingerprint density at radius 3 is 2.31 bits per heavy atom. The number of sulfonamides is 1. The minimum atomic E-state index is -4.09. The lowest BCUT2D eigenvalue weighted by Crippen LogP contribution is -2.40. The second kappa shape index (κ2) is 11.3. The summed E-state index contributed by atoms with van der Waals surface area (Å²) in [5.74, 6) is -0.553. The number of rotatable bonds is 9. The highest BCUT2D eigenvalue weighted by atomic mass is 32.2. The number of anilines is 2. The van der Waals surface area contributed by atoms with Gasteiger partial charge in [-0.2, -0.15) is 5.10 Å². The molecule has 2 N–H and O–H groups in total. The number of hydrazone groups is 1. The van der Waals surface area contributed by atoms with E-state index in [2.05, 4.69) is 15.8 Å². The molecule has 0 aliphatic rings. The Balaban J connectivity index is 1.87. The minimum Gasteiger partial charge on any atom is -0.495 e. The van der Waals surface area contributed by atoms with Gasteiger partial charge in [-0.1, -0.05) is 42.5 Å². The lowest BCUT2D eigenvalue weighted by molar-refractivity contribution is -0.119. The van der Waals surface area contributed by atoms with Crippen LogP contribution in [-0.2, 0) is 19.6 Å². The summed E-state index contributed by atoms with van der Waals surface area (Å²) in [7, 11) is -2.66. The summed E-state index contributed by atoms with van der Waals surface area (Å²) in [5, 5.41) is 6.80. The molecule has 3 aromatic carbocycles. The number of para-hydroxylation sites is 2. The predicted molar refractivity (Wildman–Crippen MR) is 135 cm³/mol. The van der Waals surface area contributed by atoms with Crippen LogP contribution in [0.5, 0.6) is 5.75 Å². The lowest BCUT2D eigenvalue weighted by atomic mass is 10.1. The van der Waals surface area contributed by atoms with Crippen LogP contribution in [0.3, 0.4) is 0 Å². The van der Waals surface area contributed by atoms with Gasteiger partial charge < -0.3 is 10.1 Å². The van der Waals surface area contributed by atoms with Gasteiger partial charge >= 0.3 is 0 Å². The molecule has 0 fully saturated rings. The topological polar surface area (TPSA) is 117 Å². The van der Waals surface area contributed by atoms with Gasteiger partial charge in [0.2, 0.25) is 5.91 Å². The molecule has 0 saturated carbocycles. The van der Waals surface area contributed by atoms with Crippen molar-refractivity contribution in [3.8, 4) is 5.75 Å². The summed E-state index contributed by atoms with van der Waals surface area (Å²) >= 11 is 0. The molecule has 2 amide bonds. The Morgan fingerprint density at radius 1 is 0.943 bits per heavy atom. The van der Waals surface area contributed by atoms with Crippen molar-refractivity contribution in [3.63, 3.8) is 0 Å². The van der Waals surface area contributed by atoms with Gasteiger partial charge in [-0.3, -0.25) is 13.9 Å². The first-order valence-corrected chi connectivity index (χ1v) is 12.1. The highest BCUT2D eigenvalue weighted by molar-refractivity contribution is 7.92. The molecule has 3 rings (SSSR count). The van der Waals surface area contributed by atoms with Crippen LogP contribution in [0.1, 0.15) is 19.4 Å². The monoisotopic (exact) mass is 494 g/mol. The van der Waals surface area contributed by atoms with Gasteiger partial charge in [0.15, 0.2) is 0 Å². The average Bonchev–Trinajstić information content (AvgIpc) is 2.86. The van der Waals surface area contributed by atoms with Crippen LogP contribution in [0.25, 0.3) is 0 Å². The standard InChI is InChI=1S/C25H26N4O5S/c1-18(20-10-9-11-21(16-20)26-19(2)30)27-28-25(31)17-29(23-14-7-8-15-24(23)34-3)35(32,33)22-12-5-4-6-13-22/h4-16H,17H2,1-3H3,(H,26,30)(H,28,31)/b27-18-. The van der Waals surface area contributed by atoms with Gasteiger partial charge in [0.05, 0.1) is 23.4 Å². The normalized spacial score (nSPS) is 11.5. The van der Waals surface area contributed by atoms with Crippen LogP contribution >= 0.6 is 0 Å². The zero-order valence-electron chi connectivity index (χ0n) is 19.6. The zero-order chi connectivity index (χ0) is 25.4. The van der Waals surface area contributed by atoms with E-state index in [1.807, 2.05) is 0 Å².